The van der Waals surface area contributed by atoms with Crippen LogP contribution in [0.4, 0.5) is 4.79 Å². The molecule has 2 N–H and O–H groups in total. The Balaban J connectivity index is 1.43. The zero-order chi connectivity index (χ0) is 29.1. The van der Waals surface area contributed by atoms with Crippen LogP contribution < -0.4 is 10.1 Å². The number of benzene rings is 3. The average molecular weight is 558 g/mol. The number of urea groups is 1. The van der Waals surface area contributed by atoms with E-state index in [-0.39, 0.29) is 49.7 Å². The summed E-state index contributed by atoms with van der Waals surface area (Å²) in [5.74, 6) is 0.457. The summed E-state index contributed by atoms with van der Waals surface area (Å²) in [5, 5.41) is 15.9. The number of phenols is 1. The fourth-order valence-electron chi connectivity index (χ4n) is 5.42. The lowest BCUT2D eigenvalue weighted by molar-refractivity contribution is -0.187. The van der Waals surface area contributed by atoms with Gasteiger partial charge in [0.25, 0.3) is 0 Å². The van der Waals surface area contributed by atoms with Gasteiger partial charge < -0.3 is 25.0 Å². The molecule has 5 rings (SSSR count). The number of hydrogen-bond acceptors (Lipinski definition) is 6. The van der Waals surface area contributed by atoms with Gasteiger partial charge in [0.05, 0.1) is 20.2 Å². The zero-order valence-electron chi connectivity index (χ0n) is 23.5. The SMILES string of the molecule is COc1ccc(CNC(=O)N2[C@H]3CN(Cc4ccc(C)cc4)C(=O)[C@H](Cc4ccc(O)cc4)N3C(=O)CN2C)cc1. The van der Waals surface area contributed by atoms with E-state index in [0.717, 1.165) is 28.0 Å². The Labute approximate surface area is 239 Å². The molecule has 0 radical (unpaired) electrons. The summed E-state index contributed by atoms with van der Waals surface area (Å²) in [6, 6.07) is 20.9. The molecule has 0 bridgehead atoms. The van der Waals surface area contributed by atoms with Crippen molar-refractivity contribution in [1.82, 2.24) is 25.1 Å². The van der Waals surface area contributed by atoms with Gasteiger partial charge in [0.15, 0.2) is 0 Å². The third-order valence-corrected chi connectivity index (χ3v) is 7.61. The molecule has 4 amide bonds. The van der Waals surface area contributed by atoms with E-state index in [0.29, 0.717) is 6.54 Å². The first kappa shape index (κ1) is 28.0. The van der Waals surface area contributed by atoms with Gasteiger partial charge in [-0.2, -0.15) is 0 Å². The molecule has 0 aromatic heterocycles. The molecule has 41 heavy (non-hydrogen) atoms. The average Bonchev–Trinajstić information content (AvgIpc) is 2.96. The normalized spacial score (nSPS) is 19.2. The number of methoxy groups -OCH3 is 1. The number of ether oxygens (including phenoxy) is 1. The molecule has 10 heteroatoms. The van der Waals surface area contributed by atoms with Gasteiger partial charge in [-0.3, -0.25) is 9.59 Å². The second-order valence-electron chi connectivity index (χ2n) is 10.5. The predicted octanol–water partition coefficient (Wildman–Crippen LogP) is 2.89. The molecule has 2 aliphatic heterocycles. The van der Waals surface area contributed by atoms with Gasteiger partial charge in [-0.1, -0.05) is 54.1 Å². The lowest BCUT2D eigenvalue weighted by atomic mass is 9.98. The number of rotatable bonds is 7. The van der Waals surface area contributed by atoms with Crippen molar-refractivity contribution in [2.45, 2.75) is 38.6 Å². The number of carbonyl (C=O) groups excluding carboxylic acids is 3. The van der Waals surface area contributed by atoms with E-state index < -0.39 is 12.2 Å². The number of hydrogen-bond donors (Lipinski definition) is 2. The van der Waals surface area contributed by atoms with Gasteiger partial charge in [-0.25, -0.2) is 14.8 Å². The highest BCUT2D eigenvalue weighted by molar-refractivity contribution is 5.91. The van der Waals surface area contributed by atoms with Crippen LogP contribution in [0.3, 0.4) is 0 Å². The first-order valence-electron chi connectivity index (χ1n) is 13.6. The standard InChI is InChI=1S/C31H35N5O5/c1-21-4-6-24(7-5-21)18-34-19-28-35(27(30(34)39)16-22-8-12-25(37)13-9-22)29(38)20-33(2)36(28)31(40)32-17-23-10-14-26(41-3)15-11-23/h4-15,27-28,37H,16-20H2,1-3H3,(H,32,40)/t27-,28-/m0/s1. The lowest BCUT2D eigenvalue weighted by Crippen LogP contribution is -2.76. The second-order valence-corrected chi connectivity index (χ2v) is 10.5. The van der Waals surface area contributed by atoms with Crippen molar-refractivity contribution >= 4 is 17.8 Å². The van der Waals surface area contributed by atoms with E-state index in [2.05, 4.69) is 5.32 Å². The summed E-state index contributed by atoms with van der Waals surface area (Å²) in [5.41, 5.74) is 3.79. The van der Waals surface area contributed by atoms with Crippen LogP contribution in [-0.4, -0.2) is 82.2 Å². The fourth-order valence-corrected chi connectivity index (χ4v) is 5.42. The Morgan fingerprint density at radius 2 is 1.59 bits per heavy atom. The number of aryl methyl sites for hydroxylation is 1. The highest BCUT2D eigenvalue weighted by Crippen LogP contribution is 2.29. The van der Waals surface area contributed by atoms with Crippen LogP contribution in [0.5, 0.6) is 11.5 Å². The largest absolute Gasteiger partial charge is 0.508 e. The number of amides is 4. The number of nitrogens with zero attached hydrogens (tertiary/aromatic N) is 4. The summed E-state index contributed by atoms with van der Waals surface area (Å²) in [6.45, 7) is 2.79. The van der Waals surface area contributed by atoms with Crippen molar-refractivity contribution in [3.05, 3.63) is 95.1 Å². The van der Waals surface area contributed by atoms with Gasteiger partial charge >= 0.3 is 6.03 Å². The molecule has 0 saturated carbocycles. The second kappa shape index (κ2) is 11.9. The molecule has 0 aliphatic carbocycles. The molecule has 3 aromatic carbocycles. The number of phenolic OH excluding ortho intramolecular Hbond substituents is 1. The smallest absolute Gasteiger partial charge is 0.334 e. The maximum Gasteiger partial charge on any atom is 0.334 e. The van der Waals surface area contributed by atoms with E-state index in [1.165, 1.54) is 0 Å². The molecular weight excluding hydrogens is 522 g/mol. The van der Waals surface area contributed by atoms with E-state index in [4.69, 9.17) is 4.74 Å². The Hall–Kier alpha value is -4.57. The first-order valence-corrected chi connectivity index (χ1v) is 13.6. The number of nitrogens with one attached hydrogen (secondary N) is 1. The first-order chi connectivity index (χ1) is 19.7. The minimum absolute atomic E-state index is 0.0379. The van der Waals surface area contributed by atoms with Crippen molar-refractivity contribution < 1.29 is 24.2 Å². The molecule has 0 spiro atoms. The molecule has 2 atom stereocenters. The van der Waals surface area contributed by atoms with Gasteiger partial charge in [-0.15, -0.1) is 0 Å². The number of hydrazine groups is 1. The van der Waals surface area contributed by atoms with Crippen molar-refractivity contribution in [3.8, 4) is 11.5 Å². The van der Waals surface area contributed by atoms with Gasteiger partial charge in [-0.05, 0) is 47.9 Å². The molecule has 2 fully saturated rings. The highest BCUT2D eigenvalue weighted by Gasteiger charge is 2.50. The van der Waals surface area contributed by atoms with Crippen molar-refractivity contribution in [2.24, 2.45) is 0 Å². The molecule has 2 aliphatic rings. The molecule has 3 aromatic rings. The van der Waals surface area contributed by atoms with Crippen molar-refractivity contribution in [2.75, 3.05) is 27.2 Å². The molecule has 10 nitrogen and oxygen atoms in total. The molecular formula is C31H35N5O5. The Morgan fingerprint density at radius 3 is 2.24 bits per heavy atom. The van der Waals surface area contributed by atoms with Crippen molar-refractivity contribution in [3.63, 3.8) is 0 Å². The summed E-state index contributed by atoms with van der Waals surface area (Å²) >= 11 is 0. The maximum absolute atomic E-state index is 13.9. The minimum atomic E-state index is -0.804. The minimum Gasteiger partial charge on any atom is -0.508 e. The summed E-state index contributed by atoms with van der Waals surface area (Å²) in [6.07, 6.45) is -0.432. The number of aromatic hydroxyl groups is 1. The van der Waals surface area contributed by atoms with Crippen LogP contribution in [-0.2, 0) is 29.1 Å². The van der Waals surface area contributed by atoms with Gasteiger partial charge in [0.2, 0.25) is 11.8 Å². The Bertz CT molecular complexity index is 1390. The van der Waals surface area contributed by atoms with Gasteiger partial charge in [0.1, 0.15) is 23.7 Å². The van der Waals surface area contributed by atoms with Crippen LogP contribution in [0.2, 0.25) is 0 Å². The van der Waals surface area contributed by atoms with Crippen LogP contribution >= 0.6 is 0 Å². The monoisotopic (exact) mass is 557 g/mol. The van der Waals surface area contributed by atoms with Gasteiger partial charge in [0, 0.05) is 26.6 Å². The Kier molecular flexibility index (Phi) is 8.11. The predicted molar refractivity (Wildman–Crippen MR) is 153 cm³/mol. The number of carbonyl (C=O) groups is 3. The quantitative estimate of drug-likeness (QED) is 0.463. The zero-order valence-corrected chi connectivity index (χ0v) is 23.5. The topological polar surface area (TPSA) is 106 Å². The molecule has 2 heterocycles. The van der Waals surface area contributed by atoms with E-state index in [9.17, 15) is 19.5 Å². The van der Waals surface area contributed by atoms with E-state index in [1.54, 1.807) is 58.2 Å². The van der Waals surface area contributed by atoms with E-state index >= 15 is 0 Å². The molecule has 0 unspecified atom stereocenters. The van der Waals surface area contributed by atoms with E-state index in [1.807, 2.05) is 55.5 Å². The molecule has 214 valence electrons. The third kappa shape index (κ3) is 6.12. The summed E-state index contributed by atoms with van der Waals surface area (Å²) in [4.78, 5) is 44.3. The number of likely N-dealkylation sites (N-methyl/N-ethyl adjacent to an activating group) is 1. The van der Waals surface area contributed by atoms with Crippen LogP contribution in [0.15, 0.2) is 72.8 Å². The highest BCUT2D eigenvalue weighted by atomic mass is 16.5. The summed E-state index contributed by atoms with van der Waals surface area (Å²) in [7, 11) is 3.31. The van der Waals surface area contributed by atoms with Crippen molar-refractivity contribution in [1.29, 1.82) is 0 Å². The third-order valence-electron chi connectivity index (χ3n) is 7.61. The summed E-state index contributed by atoms with van der Waals surface area (Å²) < 4.78 is 5.21. The van der Waals surface area contributed by atoms with Crippen LogP contribution in [0, 0.1) is 6.92 Å². The number of piperazine rings is 1. The van der Waals surface area contributed by atoms with Crippen LogP contribution in [0.25, 0.3) is 0 Å². The lowest BCUT2D eigenvalue weighted by Gasteiger charge is -2.54. The number of fused-ring (bicyclic) bond motifs is 1. The fraction of sp³-hybridized carbons (Fsp3) is 0.323. The van der Waals surface area contributed by atoms with Crippen LogP contribution in [0.1, 0.15) is 22.3 Å². The Morgan fingerprint density at radius 1 is 0.951 bits per heavy atom. The molecule has 2 saturated heterocycles. The maximum atomic E-state index is 13.9.